The molecule has 0 aromatic heterocycles. The van der Waals surface area contributed by atoms with Crippen molar-refractivity contribution in [3.63, 3.8) is 0 Å². The van der Waals surface area contributed by atoms with Crippen molar-refractivity contribution in [1.29, 1.82) is 0 Å². The zero-order valence-corrected chi connectivity index (χ0v) is 7.78. The summed E-state index contributed by atoms with van der Waals surface area (Å²) in [6, 6.07) is 0. The van der Waals surface area contributed by atoms with Gasteiger partial charge in [-0.05, 0) is 31.3 Å². The Kier molecular flexibility index (Phi) is 7.20. The van der Waals surface area contributed by atoms with E-state index in [1.807, 2.05) is 13.2 Å². The minimum Gasteiger partial charge on any atom is -0.315 e. The molecule has 0 rings (SSSR count). The van der Waals surface area contributed by atoms with Gasteiger partial charge in [-0.3, -0.25) is 0 Å². The van der Waals surface area contributed by atoms with Crippen LogP contribution in [-0.4, -0.2) is 12.9 Å². The van der Waals surface area contributed by atoms with Crippen LogP contribution in [0.15, 0.2) is 12.2 Å². The van der Waals surface area contributed by atoms with Crippen LogP contribution in [0.5, 0.6) is 0 Å². The van der Waals surface area contributed by atoms with Gasteiger partial charge < -0.3 is 4.18 Å². The van der Waals surface area contributed by atoms with Gasteiger partial charge in [-0.1, -0.05) is 19.1 Å². The molecule has 2 heteroatoms. The third kappa shape index (κ3) is 6.17. The molecule has 0 spiro atoms. The van der Waals surface area contributed by atoms with Crippen LogP contribution in [0.4, 0.5) is 0 Å². The van der Waals surface area contributed by atoms with Gasteiger partial charge in [0.1, 0.15) is 0 Å². The van der Waals surface area contributed by atoms with Crippen LogP contribution >= 0.6 is 12.0 Å². The molecule has 10 heavy (non-hydrogen) atoms. The van der Waals surface area contributed by atoms with Crippen LogP contribution in [0.2, 0.25) is 0 Å². The maximum absolute atomic E-state index is 5.18. The van der Waals surface area contributed by atoms with Crippen LogP contribution in [0.1, 0.15) is 20.3 Å². The first-order chi connectivity index (χ1) is 4.81. The van der Waals surface area contributed by atoms with E-state index < -0.39 is 0 Å². The Morgan fingerprint density at radius 3 is 2.80 bits per heavy atom. The van der Waals surface area contributed by atoms with Crippen molar-refractivity contribution in [2.45, 2.75) is 20.3 Å². The predicted octanol–water partition coefficient (Wildman–Crippen LogP) is 2.88. The van der Waals surface area contributed by atoms with E-state index in [9.17, 15) is 0 Å². The van der Waals surface area contributed by atoms with Gasteiger partial charge in [-0.15, -0.1) is 0 Å². The number of hydrogen-bond acceptors (Lipinski definition) is 2. The summed E-state index contributed by atoms with van der Waals surface area (Å²) in [5.74, 6) is 0.642. The molecule has 1 unspecified atom stereocenters. The first-order valence-corrected chi connectivity index (χ1v) is 4.73. The normalized spacial score (nSPS) is 14.3. The van der Waals surface area contributed by atoms with Crippen LogP contribution < -0.4 is 0 Å². The summed E-state index contributed by atoms with van der Waals surface area (Å²) < 4.78 is 5.18. The molecule has 0 aliphatic rings. The van der Waals surface area contributed by atoms with Crippen molar-refractivity contribution >= 4 is 12.0 Å². The van der Waals surface area contributed by atoms with Crippen molar-refractivity contribution in [3.8, 4) is 0 Å². The van der Waals surface area contributed by atoms with E-state index in [0.29, 0.717) is 5.92 Å². The first-order valence-electron chi connectivity index (χ1n) is 3.58. The fourth-order valence-corrected chi connectivity index (χ4v) is 0.989. The Balaban J connectivity index is 3.16. The molecule has 1 nitrogen and oxygen atoms in total. The second-order valence-corrected chi connectivity index (χ2v) is 2.93. The molecular weight excluding hydrogens is 144 g/mol. The third-order valence-electron chi connectivity index (χ3n) is 1.24. The molecule has 1 atom stereocenters. The molecule has 0 aliphatic heterocycles. The van der Waals surface area contributed by atoms with Crippen molar-refractivity contribution in [3.05, 3.63) is 12.2 Å². The van der Waals surface area contributed by atoms with E-state index >= 15 is 0 Å². The van der Waals surface area contributed by atoms with Gasteiger partial charge in [0.25, 0.3) is 0 Å². The van der Waals surface area contributed by atoms with Crippen LogP contribution in [0, 0.1) is 5.92 Å². The highest BCUT2D eigenvalue weighted by Crippen LogP contribution is 2.06. The Labute approximate surface area is 68.0 Å². The van der Waals surface area contributed by atoms with Gasteiger partial charge in [-0.2, -0.15) is 0 Å². The highest BCUT2D eigenvalue weighted by atomic mass is 32.2. The first kappa shape index (κ1) is 10.0. The van der Waals surface area contributed by atoms with Crippen LogP contribution in [-0.2, 0) is 4.18 Å². The largest absolute Gasteiger partial charge is 0.315 e. The summed E-state index contributed by atoms with van der Waals surface area (Å²) >= 11 is 1.44. The fourth-order valence-electron chi connectivity index (χ4n) is 0.621. The SMILES string of the molecule is C/C=C/CC(C)COSC. The lowest BCUT2D eigenvalue weighted by Gasteiger charge is -2.05. The standard InChI is InChI=1S/C8H16OS/c1-4-5-6-8(2)7-9-10-3/h4-5,8H,6-7H2,1-3H3/b5-4+. The zero-order valence-electron chi connectivity index (χ0n) is 6.96. The van der Waals surface area contributed by atoms with Crippen molar-refractivity contribution in [2.75, 3.05) is 12.9 Å². The highest BCUT2D eigenvalue weighted by molar-refractivity contribution is 7.93. The Hall–Kier alpha value is 0.0500. The number of rotatable bonds is 5. The van der Waals surface area contributed by atoms with Gasteiger partial charge in [0, 0.05) is 6.26 Å². The topological polar surface area (TPSA) is 9.23 Å². The van der Waals surface area contributed by atoms with Crippen molar-refractivity contribution in [1.82, 2.24) is 0 Å². The summed E-state index contributed by atoms with van der Waals surface area (Å²) in [5.41, 5.74) is 0. The maximum Gasteiger partial charge on any atom is 0.0642 e. The van der Waals surface area contributed by atoms with Gasteiger partial charge in [0.2, 0.25) is 0 Å². The summed E-state index contributed by atoms with van der Waals surface area (Å²) in [4.78, 5) is 0. The van der Waals surface area contributed by atoms with E-state index in [2.05, 4.69) is 19.1 Å². The van der Waals surface area contributed by atoms with E-state index in [4.69, 9.17) is 4.18 Å². The summed E-state index contributed by atoms with van der Waals surface area (Å²) in [6.45, 7) is 5.09. The molecule has 0 saturated carbocycles. The number of allylic oxidation sites excluding steroid dienone is 2. The van der Waals surface area contributed by atoms with Crippen LogP contribution in [0.25, 0.3) is 0 Å². The quantitative estimate of drug-likeness (QED) is 0.452. The summed E-state index contributed by atoms with van der Waals surface area (Å²) in [5, 5.41) is 0. The highest BCUT2D eigenvalue weighted by Gasteiger charge is 1.97. The molecule has 0 aromatic carbocycles. The lowest BCUT2D eigenvalue weighted by atomic mass is 10.1. The molecule has 0 N–H and O–H groups in total. The fraction of sp³-hybridized carbons (Fsp3) is 0.750. The van der Waals surface area contributed by atoms with Gasteiger partial charge in [0.05, 0.1) is 6.61 Å². The summed E-state index contributed by atoms with van der Waals surface area (Å²) in [6.07, 6.45) is 7.32. The van der Waals surface area contributed by atoms with Gasteiger partial charge in [-0.25, -0.2) is 0 Å². The van der Waals surface area contributed by atoms with E-state index in [-0.39, 0.29) is 0 Å². The Morgan fingerprint density at radius 2 is 2.30 bits per heavy atom. The zero-order chi connectivity index (χ0) is 7.82. The monoisotopic (exact) mass is 160 g/mol. The molecule has 0 saturated heterocycles. The molecule has 0 radical (unpaired) electrons. The van der Waals surface area contributed by atoms with Crippen molar-refractivity contribution in [2.24, 2.45) is 5.92 Å². The molecule has 0 aromatic rings. The van der Waals surface area contributed by atoms with E-state index in [1.165, 1.54) is 12.0 Å². The minimum atomic E-state index is 0.642. The second kappa shape index (κ2) is 7.16. The Morgan fingerprint density at radius 1 is 1.60 bits per heavy atom. The smallest absolute Gasteiger partial charge is 0.0642 e. The second-order valence-electron chi connectivity index (χ2n) is 2.36. The van der Waals surface area contributed by atoms with Gasteiger partial charge >= 0.3 is 0 Å². The lowest BCUT2D eigenvalue weighted by molar-refractivity contribution is 0.304. The Bertz CT molecular complexity index is 91.3. The molecule has 0 aliphatic carbocycles. The predicted molar refractivity (Wildman–Crippen MR) is 48.1 cm³/mol. The van der Waals surface area contributed by atoms with Crippen molar-refractivity contribution < 1.29 is 4.18 Å². The number of hydrogen-bond donors (Lipinski definition) is 0. The summed E-state index contributed by atoms with van der Waals surface area (Å²) in [7, 11) is 0. The average molecular weight is 160 g/mol. The molecule has 0 heterocycles. The lowest BCUT2D eigenvalue weighted by Crippen LogP contribution is -2.00. The van der Waals surface area contributed by atoms with Crippen LogP contribution in [0.3, 0.4) is 0 Å². The molecular formula is C8H16OS. The maximum atomic E-state index is 5.18. The van der Waals surface area contributed by atoms with E-state index in [0.717, 1.165) is 13.0 Å². The molecule has 0 amide bonds. The molecule has 0 bridgehead atoms. The average Bonchev–Trinajstić information content (AvgIpc) is 1.97. The van der Waals surface area contributed by atoms with Gasteiger partial charge in [0.15, 0.2) is 0 Å². The molecule has 60 valence electrons. The third-order valence-corrected chi connectivity index (χ3v) is 1.62. The van der Waals surface area contributed by atoms with E-state index in [1.54, 1.807) is 0 Å². The minimum absolute atomic E-state index is 0.642. The molecule has 0 fully saturated rings.